The van der Waals surface area contributed by atoms with Gasteiger partial charge in [0, 0.05) is 24.9 Å². The van der Waals surface area contributed by atoms with Gasteiger partial charge in [0.1, 0.15) is 17.1 Å². The van der Waals surface area contributed by atoms with Crippen LogP contribution in [0.5, 0.6) is 0 Å². The molecular weight excluding hydrogens is 423 g/mol. The second-order valence-corrected chi connectivity index (χ2v) is 10.0. The molecule has 7 nitrogen and oxygen atoms in total. The molecule has 1 aliphatic heterocycles. The third-order valence-electron chi connectivity index (χ3n) is 6.95. The highest BCUT2D eigenvalue weighted by molar-refractivity contribution is 6.14. The standard InChI is InChI=1S/C25H33FN4O3/c1-15(2)11-12-30-23(32)22-21(27-16(3)31)19-13-17(26)9-10-20(19)29(22)14-25(30,4)24(33)28-18-7-5-6-8-18/h9-10,13,15,18H,5-8,11-12,14H2,1-4H3,(H,27,31)(H,28,33)/t25-/m1/s1. The lowest BCUT2D eigenvalue weighted by Crippen LogP contribution is -2.65. The molecule has 1 saturated carbocycles. The number of carbonyl (C=O) groups excluding carboxylic acids is 3. The number of nitrogens with one attached hydrogen (secondary N) is 2. The summed E-state index contributed by atoms with van der Waals surface area (Å²) in [5.41, 5.74) is 0.109. The number of aromatic nitrogens is 1. The van der Waals surface area contributed by atoms with Crippen LogP contribution in [0.2, 0.25) is 0 Å². The molecule has 1 aliphatic carbocycles. The fraction of sp³-hybridized carbons (Fsp3) is 0.560. The van der Waals surface area contributed by atoms with Gasteiger partial charge in [0.25, 0.3) is 5.91 Å². The molecule has 0 radical (unpaired) electrons. The zero-order valence-electron chi connectivity index (χ0n) is 19.8. The Morgan fingerprint density at radius 2 is 1.94 bits per heavy atom. The summed E-state index contributed by atoms with van der Waals surface area (Å²) < 4.78 is 15.9. The normalized spacial score (nSPS) is 21.0. The van der Waals surface area contributed by atoms with Crippen molar-refractivity contribution < 1.29 is 18.8 Å². The van der Waals surface area contributed by atoms with Gasteiger partial charge in [-0.15, -0.1) is 0 Å². The minimum atomic E-state index is -1.10. The van der Waals surface area contributed by atoms with E-state index in [1.807, 2.05) is 6.92 Å². The van der Waals surface area contributed by atoms with Crippen molar-refractivity contribution in [2.45, 2.75) is 77.9 Å². The third-order valence-corrected chi connectivity index (χ3v) is 6.95. The molecule has 1 aromatic heterocycles. The number of halogens is 1. The van der Waals surface area contributed by atoms with Gasteiger partial charge in [-0.1, -0.05) is 26.7 Å². The first-order valence-electron chi connectivity index (χ1n) is 11.8. The molecule has 3 amide bonds. The minimum absolute atomic E-state index is 0.128. The molecule has 4 rings (SSSR count). The van der Waals surface area contributed by atoms with E-state index in [4.69, 9.17) is 0 Å². The highest BCUT2D eigenvalue weighted by Crippen LogP contribution is 2.39. The van der Waals surface area contributed by atoms with Crippen LogP contribution in [0.1, 0.15) is 70.3 Å². The monoisotopic (exact) mass is 456 g/mol. The van der Waals surface area contributed by atoms with Gasteiger partial charge in [-0.05, 0) is 50.3 Å². The van der Waals surface area contributed by atoms with Gasteiger partial charge in [0.2, 0.25) is 11.8 Å². The Morgan fingerprint density at radius 3 is 2.58 bits per heavy atom. The molecule has 178 valence electrons. The van der Waals surface area contributed by atoms with Crippen molar-refractivity contribution in [3.05, 3.63) is 29.7 Å². The number of anilines is 1. The number of hydrogen-bond acceptors (Lipinski definition) is 3. The number of nitrogens with zero attached hydrogens (tertiary/aromatic N) is 2. The lowest BCUT2D eigenvalue weighted by molar-refractivity contribution is -0.133. The predicted octanol–water partition coefficient (Wildman–Crippen LogP) is 4.06. The summed E-state index contributed by atoms with van der Waals surface area (Å²) in [7, 11) is 0. The Labute approximate surface area is 193 Å². The van der Waals surface area contributed by atoms with Gasteiger partial charge in [-0.2, -0.15) is 0 Å². The largest absolute Gasteiger partial charge is 0.351 e. The van der Waals surface area contributed by atoms with E-state index in [2.05, 4.69) is 24.5 Å². The van der Waals surface area contributed by atoms with Crippen LogP contribution < -0.4 is 10.6 Å². The molecular formula is C25H33FN4O3. The molecule has 8 heteroatoms. The summed E-state index contributed by atoms with van der Waals surface area (Å²) in [5.74, 6) is -0.948. The lowest BCUT2D eigenvalue weighted by Gasteiger charge is -2.45. The maximum atomic E-state index is 14.1. The zero-order valence-corrected chi connectivity index (χ0v) is 19.8. The summed E-state index contributed by atoms with van der Waals surface area (Å²) in [6.07, 6.45) is 4.82. The van der Waals surface area contributed by atoms with Crippen LogP contribution in [0.4, 0.5) is 10.1 Å². The molecule has 33 heavy (non-hydrogen) atoms. The fourth-order valence-corrected chi connectivity index (χ4v) is 5.10. The molecule has 0 spiro atoms. The van der Waals surface area contributed by atoms with Crippen LogP contribution >= 0.6 is 0 Å². The Bertz CT molecular complexity index is 1100. The summed E-state index contributed by atoms with van der Waals surface area (Å²) in [4.78, 5) is 41.1. The van der Waals surface area contributed by atoms with E-state index in [-0.39, 0.29) is 30.3 Å². The van der Waals surface area contributed by atoms with E-state index in [9.17, 15) is 18.8 Å². The number of rotatable bonds is 6. The van der Waals surface area contributed by atoms with Crippen LogP contribution in [0.25, 0.3) is 10.9 Å². The Morgan fingerprint density at radius 1 is 1.24 bits per heavy atom. The molecule has 1 fully saturated rings. The van der Waals surface area contributed by atoms with Crippen molar-refractivity contribution >= 4 is 34.3 Å². The molecule has 2 aliphatic rings. The number of carbonyl (C=O) groups is 3. The highest BCUT2D eigenvalue weighted by atomic mass is 19.1. The van der Waals surface area contributed by atoms with Crippen LogP contribution in [0.3, 0.4) is 0 Å². The van der Waals surface area contributed by atoms with Gasteiger partial charge < -0.3 is 20.1 Å². The maximum Gasteiger partial charge on any atom is 0.273 e. The SMILES string of the molecule is CC(=O)Nc1c2n(c3ccc(F)cc13)C[C@](C)(C(=O)NC1CCCC1)N(CCC(C)C)C2=O. The van der Waals surface area contributed by atoms with Gasteiger partial charge in [-0.25, -0.2) is 4.39 Å². The third kappa shape index (κ3) is 4.23. The lowest BCUT2D eigenvalue weighted by atomic mass is 9.93. The summed E-state index contributed by atoms with van der Waals surface area (Å²) in [5, 5.41) is 6.37. The molecule has 0 bridgehead atoms. The molecule has 2 heterocycles. The Hall–Kier alpha value is -2.90. The van der Waals surface area contributed by atoms with Crippen molar-refractivity contribution in [2.24, 2.45) is 5.92 Å². The first-order valence-corrected chi connectivity index (χ1v) is 11.8. The quantitative estimate of drug-likeness (QED) is 0.688. The van der Waals surface area contributed by atoms with E-state index < -0.39 is 11.4 Å². The molecule has 0 saturated heterocycles. The molecule has 1 atom stereocenters. The predicted molar refractivity (Wildman–Crippen MR) is 125 cm³/mol. The van der Waals surface area contributed by atoms with Gasteiger partial charge in [-0.3, -0.25) is 14.4 Å². The average molecular weight is 457 g/mol. The number of benzene rings is 1. The number of fused-ring (bicyclic) bond motifs is 3. The fourth-order valence-electron chi connectivity index (χ4n) is 5.10. The smallest absolute Gasteiger partial charge is 0.273 e. The van der Waals surface area contributed by atoms with Gasteiger partial charge in [0.15, 0.2) is 0 Å². The van der Waals surface area contributed by atoms with Crippen molar-refractivity contribution in [3.63, 3.8) is 0 Å². The number of amides is 3. The first kappa shape index (κ1) is 23.3. The Balaban J connectivity index is 1.84. The Kier molecular flexibility index (Phi) is 6.20. The highest BCUT2D eigenvalue weighted by Gasteiger charge is 2.49. The van der Waals surface area contributed by atoms with Crippen LogP contribution in [-0.2, 0) is 16.1 Å². The van der Waals surface area contributed by atoms with E-state index >= 15 is 0 Å². The first-order chi connectivity index (χ1) is 15.6. The van der Waals surface area contributed by atoms with Gasteiger partial charge in [0.05, 0.1) is 17.7 Å². The zero-order chi connectivity index (χ0) is 23.9. The van der Waals surface area contributed by atoms with Crippen LogP contribution in [0.15, 0.2) is 18.2 Å². The van der Waals surface area contributed by atoms with E-state index in [1.165, 1.54) is 19.1 Å². The molecule has 0 unspecified atom stereocenters. The number of hydrogen-bond donors (Lipinski definition) is 2. The van der Waals surface area contributed by atoms with E-state index in [1.54, 1.807) is 15.5 Å². The van der Waals surface area contributed by atoms with Crippen molar-refractivity contribution in [1.82, 2.24) is 14.8 Å². The average Bonchev–Trinajstić information content (AvgIpc) is 3.34. The summed E-state index contributed by atoms with van der Waals surface area (Å²) in [6.45, 7) is 7.97. The summed E-state index contributed by atoms with van der Waals surface area (Å²) in [6, 6.07) is 4.39. The topological polar surface area (TPSA) is 83.4 Å². The van der Waals surface area contributed by atoms with E-state index in [0.29, 0.717) is 34.7 Å². The van der Waals surface area contributed by atoms with Crippen LogP contribution in [0, 0.1) is 11.7 Å². The van der Waals surface area contributed by atoms with Gasteiger partial charge >= 0.3 is 0 Å². The van der Waals surface area contributed by atoms with E-state index in [0.717, 1.165) is 32.1 Å². The van der Waals surface area contributed by atoms with Crippen molar-refractivity contribution in [2.75, 3.05) is 11.9 Å². The van der Waals surface area contributed by atoms with Crippen molar-refractivity contribution in [3.8, 4) is 0 Å². The molecule has 2 aromatic rings. The summed E-state index contributed by atoms with van der Waals surface area (Å²) >= 11 is 0. The van der Waals surface area contributed by atoms with Crippen molar-refractivity contribution in [1.29, 1.82) is 0 Å². The molecule has 2 N–H and O–H groups in total. The maximum absolute atomic E-state index is 14.1. The van der Waals surface area contributed by atoms with Crippen LogP contribution in [-0.4, -0.2) is 45.3 Å². The second kappa shape index (κ2) is 8.80. The molecule has 1 aromatic carbocycles. The minimum Gasteiger partial charge on any atom is -0.351 e. The second-order valence-electron chi connectivity index (χ2n) is 10.0.